The number of imide groups is 2. The van der Waals surface area contributed by atoms with Crippen LogP contribution in [0.15, 0.2) is 89.4 Å². The molecular weight excluding hydrogens is 610 g/mol. The lowest BCUT2D eigenvalue weighted by molar-refractivity contribution is -0.131. The van der Waals surface area contributed by atoms with Gasteiger partial charge in [0.1, 0.15) is 29.1 Å². The number of carbonyl (C=O) groups is 4. The summed E-state index contributed by atoms with van der Waals surface area (Å²) in [6.45, 7) is 6.12. The fraction of sp³-hybridized carbons (Fsp3) is 0.316. The van der Waals surface area contributed by atoms with Gasteiger partial charge in [-0.05, 0) is 68.6 Å². The Morgan fingerprint density at radius 3 is 1.67 bits per heavy atom. The molecule has 0 unspecified atom stereocenters. The molecular formula is C38H39N3O7. The van der Waals surface area contributed by atoms with Crippen molar-refractivity contribution in [2.45, 2.75) is 57.4 Å². The molecule has 10 heteroatoms. The second-order valence-electron chi connectivity index (χ2n) is 12.8. The van der Waals surface area contributed by atoms with Gasteiger partial charge in [-0.1, -0.05) is 72.1 Å². The lowest BCUT2D eigenvalue weighted by Gasteiger charge is -2.33. The van der Waals surface area contributed by atoms with E-state index in [0.717, 1.165) is 49.0 Å². The molecule has 3 aromatic rings. The van der Waals surface area contributed by atoms with Crippen molar-refractivity contribution < 1.29 is 34.1 Å². The molecule has 1 fully saturated rings. The van der Waals surface area contributed by atoms with Crippen molar-refractivity contribution in [2.24, 2.45) is 0 Å². The summed E-state index contributed by atoms with van der Waals surface area (Å²) in [6.07, 6.45) is 3.28. The minimum atomic E-state index is -1.36. The maximum absolute atomic E-state index is 13.8. The van der Waals surface area contributed by atoms with E-state index < -0.39 is 52.9 Å². The van der Waals surface area contributed by atoms with Crippen LogP contribution < -0.4 is 15.4 Å². The fourth-order valence-corrected chi connectivity index (χ4v) is 6.93. The molecule has 0 aliphatic carbocycles. The molecule has 248 valence electrons. The SMILES string of the molecule is COc1ccc(C(C2=C(O)[C@H](c3ccc(C)cc3)C(=O)NC2=O)C2=C(O)[C@H](c3ccc(C)cc3)C(=O)NC2=O)cc1CN1CCCCC1. The van der Waals surface area contributed by atoms with E-state index in [1.54, 1.807) is 73.8 Å². The number of benzene rings is 3. The Hall–Kier alpha value is -5.22. The molecule has 0 aromatic heterocycles. The van der Waals surface area contributed by atoms with Crippen LogP contribution in [-0.4, -0.2) is 58.9 Å². The minimum absolute atomic E-state index is 0.275. The number of nitrogens with zero attached hydrogens (tertiary/aromatic N) is 1. The maximum Gasteiger partial charge on any atom is 0.258 e. The Kier molecular flexibility index (Phi) is 9.19. The minimum Gasteiger partial charge on any atom is -0.511 e. The smallest absolute Gasteiger partial charge is 0.258 e. The van der Waals surface area contributed by atoms with Crippen molar-refractivity contribution in [1.29, 1.82) is 0 Å². The van der Waals surface area contributed by atoms with Crippen LogP contribution in [0.4, 0.5) is 0 Å². The first-order chi connectivity index (χ1) is 23.1. The van der Waals surface area contributed by atoms with Gasteiger partial charge in [-0.3, -0.25) is 34.7 Å². The number of ether oxygens (including phenoxy) is 1. The first-order valence-electron chi connectivity index (χ1n) is 16.2. The second-order valence-corrected chi connectivity index (χ2v) is 12.8. The molecule has 0 bridgehead atoms. The molecule has 6 rings (SSSR count). The number of carbonyl (C=O) groups excluding carboxylic acids is 4. The summed E-state index contributed by atoms with van der Waals surface area (Å²) in [4.78, 5) is 56.4. The summed E-state index contributed by atoms with van der Waals surface area (Å²) in [5.74, 6) is -7.60. The molecule has 0 spiro atoms. The molecule has 3 heterocycles. The van der Waals surface area contributed by atoms with Crippen molar-refractivity contribution in [3.63, 3.8) is 0 Å². The first kappa shape index (κ1) is 32.7. The Morgan fingerprint density at radius 1 is 0.729 bits per heavy atom. The summed E-state index contributed by atoms with van der Waals surface area (Å²) < 4.78 is 5.70. The van der Waals surface area contributed by atoms with Crippen molar-refractivity contribution in [1.82, 2.24) is 15.5 Å². The molecule has 3 aliphatic rings. The van der Waals surface area contributed by atoms with Gasteiger partial charge in [-0.25, -0.2) is 0 Å². The Balaban J connectivity index is 1.58. The standard InChI is InChI=1S/C38H39N3O7/c1-21-7-11-23(12-8-21)29-33(42)31(37(46)39-35(29)44)28(25-15-16-27(48-3)26(19-25)20-41-17-5-4-6-18-41)32-34(43)30(36(45)40-38(32)47)24-13-9-22(2)10-14-24/h7-16,19,28-30,42-43H,4-6,17-18,20H2,1-3H3,(H,39,44,46)(H,40,45,47)/t29-,30-/m0/s1. The molecule has 3 aromatic carbocycles. The predicted molar refractivity (Wildman–Crippen MR) is 178 cm³/mol. The molecule has 0 radical (unpaired) electrons. The van der Waals surface area contributed by atoms with Crippen LogP contribution in [-0.2, 0) is 25.7 Å². The van der Waals surface area contributed by atoms with E-state index >= 15 is 0 Å². The Bertz CT molecular complexity index is 1740. The van der Waals surface area contributed by atoms with E-state index in [0.29, 0.717) is 29.0 Å². The van der Waals surface area contributed by atoms with E-state index in [4.69, 9.17) is 4.74 Å². The number of aryl methyl sites for hydroxylation is 2. The van der Waals surface area contributed by atoms with Crippen LogP contribution in [0.25, 0.3) is 0 Å². The zero-order chi connectivity index (χ0) is 34.1. The van der Waals surface area contributed by atoms with Gasteiger partial charge in [0.15, 0.2) is 0 Å². The van der Waals surface area contributed by atoms with Gasteiger partial charge in [-0.15, -0.1) is 0 Å². The highest BCUT2D eigenvalue weighted by Crippen LogP contribution is 2.44. The van der Waals surface area contributed by atoms with Crippen molar-refractivity contribution in [3.05, 3.63) is 123 Å². The maximum atomic E-state index is 13.8. The third kappa shape index (κ3) is 6.23. The van der Waals surface area contributed by atoms with Gasteiger partial charge in [-0.2, -0.15) is 0 Å². The fourth-order valence-electron chi connectivity index (χ4n) is 6.93. The number of nitrogens with one attached hydrogen (secondary N) is 2. The number of piperidine rings is 1. The van der Waals surface area contributed by atoms with E-state index in [9.17, 15) is 29.4 Å². The molecule has 3 aliphatic heterocycles. The molecule has 48 heavy (non-hydrogen) atoms. The number of rotatable bonds is 8. The van der Waals surface area contributed by atoms with E-state index in [1.165, 1.54) is 0 Å². The summed E-state index contributed by atoms with van der Waals surface area (Å²) >= 11 is 0. The summed E-state index contributed by atoms with van der Waals surface area (Å²) in [6, 6.07) is 19.1. The lowest BCUT2D eigenvalue weighted by Crippen LogP contribution is -2.47. The summed E-state index contributed by atoms with van der Waals surface area (Å²) in [5.41, 5.74) is 3.39. The van der Waals surface area contributed by atoms with Crippen LogP contribution in [0.1, 0.15) is 70.4 Å². The third-order valence-corrected chi connectivity index (χ3v) is 9.47. The topological polar surface area (TPSA) is 145 Å². The second kappa shape index (κ2) is 13.5. The van der Waals surface area contributed by atoms with Crippen LogP contribution in [0.2, 0.25) is 0 Å². The highest BCUT2D eigenvalue weighted by atomic mass is 16.5. The number of hydrogen-bond acceptors (Lipinski definition) is 8. The highest BCUT2D eigenvalue weighted by molar-refractivity contribution is 6.16. The van der Waals surface area contributed by atoms with Crippen molar-refractivity contribution in [2.75, 3.05) is 20.2 Å². The average Bonchev–Trinajstić information content (AvgIpc) is 3.06. The average molecular weight is 650 g/mol. The quantitative estimate of drug-likeness (QED) is 0.253. The van der Waals surface area contributed by atoms with Gasteiger partial charge in [0, 0.05) is 12.1 Å². The lowest BCUT2D eigenvalue weighted by atomic mass is 9.75. The van der Waals surface area contributed by atoms with E-state index in [1.807, 2.05) is 13.8 Å². The van der Waals surface area contributed by atoms with Crippen LogP contribution in [0.3, 0.4) is 0 Å². The monoisotopic (exact) mass is 649 g/mol. The molecule has 0 saturated carbocycles. The van der Waals surface area contributed by atoms with Gasteiger partial charge < -0.3 is 14.9 Å². The van der Waals surface area contributed by atoms with Gasteiger partial charge in [0.05, 0.1) is 24.2 Å². The van der Waals surface area contributed by atoms with Crippen molar-refractivity contribution >= 4 is 23.6 Å². The van der Waals surface area contributed by atoms with Gasteiger partial charge in [0.25, 0.3) is 11.8 Å². The molecule has 2 atom stereocenters. The molecule has 4 amide bonds. The highest BCUT2D eigenvalue weighted by Gasteiger charge is 2.46. The zero-order valence-electron chi connectivity index (χ0n) is 27.2. The number of amides is 4. The number of methoxy groups -OCH3 is 1. The first-order valence-corrected chi connectivity index (χ1v) is 16.2. The molecule has 10 nitrogen and oxygen atoms in total. The Morgan fingerprint density at radius 2 is 1.21 bits per heavy atom. The van der Waals surface area contributed by atoms with Gasteiger partial charge in [0.2, 0.25) is 11.8 Å². The molecule has 1 saturated heterocycles. The number of aliphatic hydroxyl groups is 2. The normalized spacial score (nSPS) is 20.7. The van der Waals surface area contributed by atoms with Crippen LogP contribution in [0, 0.1) is 13.8 Å². The number of hydrogen-bond donors (Lipinski definition) is 4. The predicted octanol–water partition coefficient (Wildman–Crippen LogP) is 4.89. The van der Waals surface area contributed by atoms with Crippen LogP contribution in [0.5, 0.6) is 5.75 Å². The third-order valence-electron chi connectivity index (χ3n) is 9.47. The molecule has 4 N–H and O–H groups in total. The number of aliphatic hydroxyl groups excluding tert-OH is 2. The Labute approximate surface area is 279 Å². The largest absolute Gasteiger partial charge is 0.511 e. The van der Waals surface area contributed by atoms with E-state index in [-0.39, 0.29) is 11.1 Å². The summed E-state index contributed by atoms with van der Waals surface area (Å²) in [5, 5.41) is 28.5. The number of likely N-dealkylation sites (tertiary alicyclic amines) is 1. The van der Waals surface area contributed by atoms with E-state index in [2.05, 4.69) is 15.5 Å². The van der Waals surface area contributed by atoms with Crippen molar-refractivity contribution in [3.8, 4) is 5.75 Å². The van der Waals surface area contributed by atoms with Gasteiger partial charge >= 0.3 is 0 Å². The summed E-state index contributed by atoms with van der Waals surface area (Å²) in [7, 11) is 1.56. The zero-order valence-corrected chi connectivity index (χ0v) is 27.2. The van der Waals surface area contributed by atoms with Crippen LogP contribution >= 0.6 is 0 Å².